The van der Waals surface area contributed by atoms with Crippen molar-refractivity contribution in [2.75, 3.05) is 0 Å². The summed E-state index contributed by atoms with van der Waals surface area (Å²) in [5.41, 5.74) is 4.57. The SMILES string of the molecule is C[C@H](CCC(=O)NC1CC1)[C@H]1CC[C@@]2(C)C3=C(CC[C@]12C)[C@@]1(C)CC[C@H](O)C(C)(C)[C@@H]1CC3. The van der Waals surface area contributed by atoms with E-state index in [4.69, 9.17) is 0 Å². The fourth-order valence-corrected chi connectivity index (χ4v) is 9.72. The van der Waals surface area contributed by atoms with Crippen molar-refractivity contribution in [3.8, 4) is 0 Å². The van der Waals surface area contributed by atoms with Crippen LogP contribution < -0.4 is 5.32 Å². The van der Waals surface area contributed by atoms with E-state index in [-0.39, 0.29) is 22.8 Å². The van der Waals surface area contributed by atoms with Gasteiger partial charge in [0.25, 0.3) is 0 Å². The Morgan fingerprint density at radius 3 is 2.39 bits per heavy atom. The van der Waals surface area contributed by atoms with Crippen LogP contribution in [0.2, 0.25) is 0 Å². The third kappa shape index (κ3) is 3.49. The molecule has 2 N–H and O–H groups in total. The third-order valence-corrected chi connectivity index (χ3v) is 12.3. The van der Waals surface area contributed by atoms with E-state index in [0.717, 1.165) is 25.2 Å². The van der Waals surface area contributed by atoms with Gasteiger partial charge in [0.1, 0.15) is 0 Å². The maximum atomic E-state index is 12.3. The topological polar surface area (TPSA) is 49.3 Å². The molecule has 3 saturated carbocycles. The van der Waals surface area contributed by atoms with Gasteiger partial charge in [0.15, 0.2) is 0 Å². The van der Waals surface area contributed by atoms with E-state index >= 15 is 0 Å². The van der Waals surface area contributed by atoms with Crippen LogP contribution >= 0.6 is 0 Å². The van der Waals surface area contributed by atoms with Crippen molar-refractivity contribution >= 4 is 5.91 Å². The Morgan fingerprint density at radius 2 is 1.70 bits per heavy atom. The minimum Gasteiger partial charge on any atom is -0.393 e. The van der Waals surface area contributed by atoms with E-state index < -0.39 is 0 Å². The van der Waals surface area contributed by atoms with Crippen molar-refractivity contribution < 1.29 is 9.90 Å². The van der Waals surface area contributed by atoms with Gasteiger partial charge in [-0.1, -0.05) is 52.7 Å². The van der Waals surface area contributed by atoms with E-state index in [9.17, 15) is 9.90 Å². The van der Waals surface area contributed by atoms with Crippen molar-refractivity contribution in [2.45, 2.75) is 131 Å². The second-order valence-electron chi connectivity index (χ2n) is 14.1. The fourth-order valence-electron chi connectivity index (χ4n) is 9.72. The zero-order valence-corrected chi connectivity index (χ0v) is 22.2. The van der Waals surface area contributed by atoms with Gasteiger partial charge < -0.3 is 10.4 Å². The maximum absolute atomic E-state index is 12.3. The number of amides is 1. The molecule has 0 spiro atoms. The van der Waals surface area contributed by atoms with Crippen molar-refractivity contribution in [3.05, 3.63) is 11.1 Å². The molecule has 3 fully saturated rings. The highest BCUT2D eigenvalue weighted by Gasteiger charge is 2.63. The van der Waals surface area contributed by atoms with Gasteiger partial charge in [0.2, 0.25) is 5.91 Å². The normalized spacial score (nSPS) is 45.1. The quantitative estimate of drug-likeness (QED) is 0.448. The molecule has 33 heavy (non-hydrogen) atoms. The molecule has 0 heterocycles. The molecular formula is C30H49NO2. The monoisotopic (exact) mass is 455 g/mol. The van der Waals surface area contributed by atoms with Crippen LogP contribution in [-0.2, 0) is 4.79 Å². The average Bonchev–Trinajstić information content (AvgIpc) is 3.51. The standard InChI is InChI=1S/C30H49NO2/c1-19(7-12-26(33)31-20-8-9-20)21-13-17-30(6)23-10-11-24-27(2,3)25(32)15-16-28(24,4)22(23)14-18-29(21,30)5/h19-21,24-25,32H,7-18H2,1-6H3,(H,31,33)/t19-,21-,24+,25+,28-,29-,30+/m1/s1. The highest BCUT2D eigenvalue weighted by Crippen LogP contribution is 2.72. The molecule has 0 aliphatic heterocycles. The molecule has 0 radical (unpaired) electrons. The second kappa shape index (κ2) is 7.84. The van der Waals surface area contributed by atoms with Gasteiger partial charge in [-0.3, -0.25) is 4.79 Å². The lowest BCUT2D eigenvalue weighted by Crippen LogP contribution is -2.55. The van der Waals surface area contributed by atoms with Crippen LogP contribution in [0, 0.1) is 39.4 Å². The zero-order valence-electron chi connectivity index (χ0n) is 22.2. The molecule has 7 atom stereocenters. The van der Waals surface area contributed by atoms with E-state index in [1.54, 1.807) is 5.57 Å². The predicted molar refractivity (Wildman–Crippen MR) is 135 cm³/mol. The highest BCUT2D eigenvalue weighted by atomic mass is 16.3. The predicted octanol–water partition coefficient (Wildman–Crippen LogP) is 6.79. The summed E-state index contributed by atoms with van der Waals surface area (Å²) in [5.74, 6) is 2.21. The number of aliphatic hydroxyl groups is 1. The number of carbonyl (C=O) groups is 1. The molecule has 186 valence electrons. The number of aliphatic hydroxyl groups excluding tert-OH is 1. The van der Waals surface area contributed by atoms with Crippen molar-refractivity contribution in [2.24, 2.45) is 39.4 Å². The van der Waals surface area contributed by atoms with E-state index in [0.29, 0.717) is 35.1 Å². The molecule has 5 rings (SSSR count). The summed E-state index contributed by atoms with van der Waals surface area (Å²) >= 11 is 0. The summed E-state index contributed by atoms with van der Waals surface area (Å²) in [5, 5.41) is 14.0. The largest absolute Gasteiger partial charge is 0.393 e. The molecule has 1 amide bonds. The Morgan fingerprint density at radius 1 is 0.970 bits per heavy atom. The number of hydrogen-bond donors (Lipinski definition) is 2. The van der Waals surface area contributed by atoms with Crippen molar-refractivity contribution in [1.82, 2.24) is 5.32 Å². The molecule has 0 saturated heterocycles. The van der Waals surface area contributed by atoms with Crippen molar-refractivity contribution in [3.63, 3.8) is 0 Å². The molecule has 0 bridgehead atoms. The minimum atomic E-state index is -0.156. The van der Waals surface area contributed by atoms with Gasteiger partial charge in [0.05, 0.1) is 6.10 Å². The molecule has 0 aromatic carbocycles. The van der Waals surface area contributed by atoms with Crippen molar-refractivity contribution in [1.29, 1.82) is 0 Å². The number of nitrogens with one attached hydrogen (secondary N) is 1. The summed E-state index contributed by atoms with van der Waals surface area (Å²) in [6.45, 7) is 14.9. The summed E-state index contributed by atoms with van der Waals surface area (Å²) in [7, 11) is 0. The zero-order chi connectivity index (χ0) is 23.8. The van der Waals surface area contributed by atoms with Crippen LogP contribution in [0.4, 0.5) is 0 Å². The Hall–Kier alpha value is -0.830. The molecule has 5 aliphatic carbocycles. The highest BCUT2D eigenvalue weighted by molar-refractivity contribution is 5.76. The van der Waals surface area contributed by atoms with Crippen LogP contribution in [0.3, 0.4) is 0 Å². The summed E-state index contributed by atoms with van der Waals surface area (Å²) in [6.07, 6.45) is 13.7. The van der Waals surface area contributed by atoms with Gasteiger partial charge in [-0.2, -0.15) is 0 Å². The molecule has 3 heteroatoms. The maximum Gasteiger partial charge on any atom is 0.220 e. The molecule has 0 aromatic rings. The van der Waals surface area contributed by atoms with Crippen LogP contribution in [0.1, 0.15) is 119 Å². The number of carbonyl (C=O) groups excluding carboxylic acids is 1. The van der Waals surface area contributed by atoms with E-state index in [2.05, 4.69) is 46.9 Å². The first-order valence-corrected chi connectivity index (χ1v) is 14.1. The third-order valence-electron chi connectivity index (χ3n) is 12.3. The van der Waals surface area contributed by atoms with Gasteiger partial charge in [-0.05, 0) is 110 Å². The molecule has 5 aliphatic rings. The van der Waals surface area contributed by atoms with Gasteiger partial charge in [0, 0.05) is 12.5 Å². The lowest BCUT2D eigenvalue weighted by molar-refractivity contribution is -0.121. The molecule has 0 unspecified atom stereocenters. The molecule has 0 aromatic heterocycles. The summed E-state index contributed by atoms with van der Waals surface area (Å²) in [4.78, 5) is 12.3. The Kier molecular flexibility index (Phi) is 5.67. The van der Waals surface area contributed by atoms with Gasteiger partial charge >= 0.3 is 0 Å². The lowest BCUT2D eigenvalue weighted by atomic mass is 9.43. The number of fused-ring (bicyclic) bond motifs is 4. The van der Waals surface area contributed by atoms with Crippen LogP contribution in [0.15, 0.2) is 11.1 Å². The van der Waals surface area contributed by atoms with E-state index in [1.807, 2.05) is 5.57 Å². The minimum absolute atomic E-state index is 0.0148. The van der Waals surface area contributed by atoms with Crippen LogP contribution in [-0.4, -0.2) is 23.2 Å². The van der Waals surface area contributed by atoms with E-state index in [1.165, 1.54) is 51.4 Å². The van der Waals surface area contributed by atoms with Gasteiger partial charge in [-0.15, -0.1) is 0 Å². The first-order chi connectivity index (χ1) is 15.4. The lowest BCUT2D eigenvalue weighted by Gasteiger charge is -2.62. The smallest absolute Gasteiger partial charge is 0.220 e. The van der Waals surface area contributed by atoms with Gasteiger partial charge in [-0.25, -0.2) is 0 Å². The Labute approximate surface area is 202 Å². The second-order valence-corrected chi connectivity index (χ2v) is 14.1. The fraction of sp³-hybridized carbons (Fsp3) is 0.900. The Balaban J connectivity index is 1.38. The number of rotatable bonds is 5. The molecule has 3 nitrogen and oxygen atoms in total. The number of hydrogen-bond acceptors (Lipinski definition) is 2. The first-order valence-electron chi connectivity index (χ1n) is 14.1. The Bertz CT molecular complexity index is 840. The van der Waals surface area contributed by atoms with Crippen LogP contribution in [0.5, 0.6) is 0 Å². The van der Waals surface area contributed by atoms with Crippen LogP contribution in [0.25, 0.3) is 0 Å². The molecular weight excluding hydrogens is 406 g/mol. The summed E-state index contributed by atoms with van der Waals surface area (Å²) < 4.78 is 0. The average molecular weight is 456 g/mol. The first kappa shape index (κ1) is 23.9. The summed E-state index contributed by atoms with van der Waals surface area (Å²) in [6, 6.07) is 0.478. The number of allylic oxidation sites excluding steroid dienone is 2.